The van der Waals surface area contributed by atoms with Crippen molar-refractivity contribution in [3.63, 3.8) is 0 Å². The summed E-state index contributed by atoms with van der Waals surface area (Å²) in [6, 6.07) is 18.0. The molecule has 11 heteroatoms. The quantitative estimate of drug-likeness (QED) is 0.186. The summed E-state index contributed by atoms with van der Waals surface area (Å²) >= 11 is 0. The van der Waals surface area contributed by atoms with E-state index in [0.29, 0.717) is 22.3 Å². The number of carbonyl (C=O) groups is 3. The molecule has 1 atom stereocenters. The minimum atomic E-state index is -4.66. The van der Waals surface area contributed by atoms with Crippen molar-refractivity contribution in [1.82, 2.24) is 4.90 Å². The Balaban J connectivity index is 1.85. The zero-order valence-corrected chi connectivity index (χ0v) is 24.8. The van der Waals surface area contributed by atoms with Gasteiger partial charge in [0.1, 0.15) is 0 Å². The van der Waals surface area contributed by atoms with Gasteiger partial charge in [-0.05, 0) is 73.9 Å². The summed E-state index contributed by atoms with van der Waals surface area (Å²) in [7, 11) is 0. The Bertz CT molecular complexity index is 1670. The summed E-state index contributed by atoms with van der Waals surface area (Å²) in [6.45, 7) is 5.03. The lowest BCUT2D eigenvalue weighted by Gasteiger charge is -2.43. The van der Waals surface area contributed by atoms with E-state index in [0.717, 1.165) is 17.0 Å². The summed E-state index contributed by atoms with van der Waals surface area (Å²) in [5, 5.41) is 9.32. The second-order valence-corrected chi connectivity index (χ2v) is 9.98. The third kappa shape index (κ3) is 7.41. The zero-order valence-electron chi connectivity index (χ0n) is 24.8. The van der Waals surface area contributed by atoms with Gasteiger partial charge >= 0.3 is 24.1 Å². The fourth-order valence-corrected chi connectivity index (χ4v) is 4.98. The maximum absolute atomic E-state index is 14.3. The number of hydrogen-bond donors (Lipinski definition) is 0. The van der Waals surface area contributed by atoms with Gasteiger partial charge in [-0.2, -0.15) is 18.4 Å². The highest BCUT2D eigenvalue weighted by Gasteiger charge is 2.43. The second-order valence-electron chi connectivity index (χ2n) is 9.98. The molecule has 232 valence electrons. The topological polar surface area (TPSA) is 99.9 Å². The highest BCUT2D eigenvalue weighted by molar-refractivity contribution is 6.03. The average Bonchev–Trinajstić information content (AvgIpc) is 3.02. The molecule has 8 nitrogen and oxygen atoms in total. The van der Waals surface area contributed by atoms with Gasteiger partial charge in [0.2, 0.25) is 0 Å². The Morgan fingerprint density at radius 1 is 0.978 bits per heavy atom. The SMILES string of the molecule is CCOC(=O)C=Cc1ccc(CN2C(=O)N(c3cccc(C(F)(F)F)c3)C(C)=C(C(=O)OCC)[C@H]2c2ccc(C#N)cc2)cc1. The predicted molar refractivity (Wildman–Crippen MR) is 160 cm³/mol. The van der Waals surface area contributed by atoms with Crippen LogP contribution in [0.25, 0.3) is 6.08 Å². The number of benzene rings is 3. The molecule has 1 heterocycles. The van der Waals surface area contributed by atoms with Crippen molar-refractivity contribution in [2.24, 2.45) is 0 Å². The second kappa shape index (κ2) is 13.9. The lowest BCUT2D eigenvalue weighted by atomic mass is 9.91. The van der Waals surface area contributed by atoms with Crippen LogP contribution in [0.3, 0.4) is 0 Å². The fraction of sp³-hybridized carbons (Fsp3) is 0.235. The molecule has 0 saturated carbocycles. The molecule has 0 fully saturated rings. The molecule has 1 aliphatic rings. The Morgan fingerprint density at radius 3 is 2.24 bits per heavy atom. The lowest BCUT2D eigenvalue weighted by Crippen LogP contribution is -2.50. The first kappa shape index (κ1) is 32.5. The number of carbonyl (C=O) groups excluding carboxylic acids is 3. The van der Waals surface area contributed by atoms with Crippen LogP contribution in [-0.2, 0) is 31.8 Å². The molecule has 45 heavy (non-hydrogen) atoms. The zero-order chi connectivity index (χ0) is 32.7. The van der Waals surface area contributed by atoms with Gasteiger partial charge in [0.25, 0.3) is 0 Å². The van der Waals surface area contributed by atoms with E-state index in [1.54, 1.807) is 68.5 Å². The number of allylic oxidation sites excluding steroid dienone is 1. The smallest absolute Gasteiger partial charge is 0.416 e. The van der Waals surface area contributed by atoms with Crippen molar-refractivity contribution in [3.05, 3.63) is 118 Å². The van der Waals surface area contributed by atoms with E-state index in [-0.39, 0.29) is 36.7 Å². The first-order valence-electron chi connectivity index (χ1n) is 14.1. The minimum Gasteiger partial charge on any atom is -0.463 e. The summed E-state index contributed by atoms with van der Waals surface area (Å²) in [5.74, 6) is -1.23. The van der Waals surface area contributed by atoms with Gasteiger partial charge in [0.05, 0.1) is 47.7 Å². The van der Waals surface area contributed by atoms with Crippen LogP contribution in [0.1, 0.15) is 54.6 Å². The van der Waals surface area contributed by atoms with Crippen molar-refractivity contribution < 1.29 is 37.0 Å². The number of anilines is 1. The third-order valence-electron chi connectivity index (χ3n) is 7.06. The number of hydrogen-bond acceptors (Lipinski definition) is 6. The summed E-state index contributed by atoms with van der Waals surface area (Å²) < 4.78 is 51.3. The van der Waals surface area contributed by atoms with E-state index in [9.17, 15) is 32.8 Å². The molecule has 1 aliphatic heterocycles. The molecule has 0 bridgehead atoms. The molecule has 0 aromatic heterocycles. The molecule has 0 saturated heterocycles. The molecule has 2 amide bonds. The average molecular weight is 618 g/mol. The van der Waals surface area contributed by atoms with E-state index in [2.05, 4.69) is 0 Å². The van der Waals surface area contributed by atoms with Gasteiger partial charge in [-0.3, -0.25) is 4.90 Å². The number of alkyl halides is 3. The molecule has 0 unspecified atom stereocenters. The highest BCUT2D eigenvalue weighted by atomic mass is 19.4. The van der Waals surface area contributed by atoms with Crippen LogP contribution in [0, 0.1) is 11.3 Å². The summed E-state index contributed by atoms with van der Waals surface area (Å²) in [4.78, 5) is 42.0. The first-order chi connectivity index (χ1) is 21.5. The van der Waals surface area contributed by atoms with E-state index < -0.39 is 35.8 Å². The first-order valence-corrected chi connectivity index (χ1v) is 14.1. The van der Waals surface area contributed by atoms with Gasteiger partial charge in [-0.25, -0.2) is 14.4 Å². The number of esters is 2. The Hall–Kier alpha value is -5.37. The predicted octanol–water partition coefficient (Wildman–Crippen LogP) is 7.17. The number of ether oxygens (including phenoxy) is 2. The van der Waals surface area contributed by atoms with Gasteiger partial charge in [0.15, 0.2) is 0 Å². The molecule has 0 spiro atoms. The molecule has 3 aromatic rings. The molecule has 0 radical (unpaired) electrons. The number of halogens is 3. The number of rotatable bonds is 9. The van der Waals surface area contributed by atoms with Crippen molar-refractivity contribution in [1.29, 1.82) is 5.26 Å². The largest absolute Gasteiger partial charge is 0.463 e. The Labute approximate surface area is 258 Å². The van der Waals surface area contributed by atoms with Gasteiger partial charge in [-0.1, -0.05) is 42.5 Å². The van der Waals surface area contributed by atoms with Crippen molar-refractivity contribution in [2.75, 3.05) is 18.1 Å². The van der Waals surface area contributed by atoms with Crippen LogP contribution >= 0.6 is 0 Å². The van der Waals surface area contributed by atoms with E-state index >= 15 is 0 Å². The summed E-state index contributed by atoms with van der Waals surface area (Å²) in [5.41, 5.74) is 1.35. The number of nitriles is 1. The van der Waals surface area contributed by atoms with Gasteiger partial charge in [-0.15, -0.1) is 0 Å². The van der Waals surface area contributed by atoms with Crippen molar-refractivity contribution in [2.45, 2.75) is 39.5 Å². The number of nitrogens with zero attached hydrogens (tertiary/aromatic N) is 3. The molecule has 4 rings (SSSR count). The van der Waals surface area contributed by atoms with Crippen LogP contribution in [-0.4, -0.2) is 36.1 Å². The molecule has 0 N–H and O–H groups in total. The monoisotopic (exact) mass is 617 g/mol. The Morgan fingerprint density at radius 2 is 1.64 bits per heavy atom. The lowest BCUT2D eigenvalue weighted by molar-refractivity contribution is -0.140. The normalized spacial score (nSPS) is 15.3. The standard InChI is InChI=1S/C34H30F3N3O5/c1-4-44-29(41)18-15-23-9-11-25(12-10-23)21-39-31(26-16-13-24(20-38)14-17-26)30(32(42)45-5-2)22(3)40(33(39)43)28-8-6-7-27(19-28)34(35,36)37/h6-19,31H,4-5,21H2,1-3H3/t31-/m1/s1. The van der Waals surface area contributed by atoms with Gasteiger partial charge in [0, 0.05) is 18.3 Å². The van der Waals surface area contributed by atoms with Crippen LogP contribution in [0.2, 0.25) is 0 Å². The molecular weight excluding hydrogens is 587 g/mol. The molecule has 0 aliphatic carbocycles. The maximum atomic E-state index is 14.3. The number of amides is 2. The van der Waals surface area contributed by atoms with Gasteiger partial charge < -0.3 is 14.4 Å². The maximum Gasteiger partial charge on any atom is 0.416 e. The number of urea groups is 1. The minimum absolute atomic E-state index is 0.0218. The van der Waals surface area contributed by atoms with E-state index in [1.165, 1.54) is 30.0 Å². The summed E-state index contributed by atoms with van der Waals surface area (Å²) in [6.07, 6.45) is -1.79. The van der Waals surface area contributed by atoms with E-state index in [4.69, 9.17) is 9.47 Å². The molecule has 3 aromatic carbocycles. The van der Waals surface area contributed by atoms with E-state index in [1.807, 2.05) is 6.07 Å². The van der Waals surface area contributed by atoms with Crippen LogP contribution in [0.15, 0.2) is 90.1 Å². The van der Waals surface area contributed by atoms with Crippen LogP contribution in [0.5, 0.6) is 0 Å². The van der Waals surface area contributed by atoms with Crippen molar-refractivity contribution >= 4 is 29.7 Å². The molecular formula is C34H30F3N3O5. The third-order valence-corrected chi connectivity index (χ3v) is 7.06. The Kier molecular flexibility index (Phi) is 10.1. The fourth-order valence-electron chi connectivity index (χ4n) is 4.98. The van der Waals surface area contributed by atoms with Crippen molar-refractivity contribution in [3.8, 4) is 6.07 Å². The van der Waals surface area contributed by atoms with Crippen LogP contribution in [0.4, 0.5) is 23.7 Å². The highest BCUT2D eigenvalue weighted by Crippen LogP contribution is 2.42. The van der Waals surface area contributed by atoms with Crippen LogP contribution < -0.4 is 4.90 Å².